The van der Waals surface area contributed by atoms with Crippen molar-refractivity contribution in [3.8, 4) is 11.5 Å². The molecule has 1 fully saturated rings. The van der Waals surface area contributed by atoms with Gasteiger partial charge in [-0.1, -0.05) is 30.3 Å². The zero-order chi connectivity index (χ0) is 22.4. The SMILES string of the molecule is O=C(O)CC1COc2cc(OC3CCc4c(C5=CCCC56CCOCC6)cccc43)ccc21. The number of carboxylic acid groups (broad SMARTS) is 1. The Hall–Kier alpha value is -2.79. The summed E-state index contributed by atoms with van der Waals surface area (Å²) >= 11 is 0. The highest BCUT2D eigenvalue weighted by molar-refractivity contribution is 5.76. The minimum atomic E-state index is -0.796. The number of benzene rings is 2. The molecule has 1 spiro atoms. The molecular weight excluding hydrogens is 416 g/mol. The maximum Gasteiger partial charge on any atom is 0.304 e. The predicted molar refractivity (Wildman–Crippen MR) is 125 cm³/mol. The minimum absolute atomic E-state index is 0.0295. The zero-order valence-electron chi connectivity index (χ0n) is 18.8. The molecule has 0 amide bonds. The fourth-order valence-electron chi connectivity index (χ4n) is 6.39. The molecule has 1 saturated heterocycles. The highest BCUT2D eigenvalue weighted by Crippen LogP contribution is 2.53. The van der Waals surface area contributed by atoms with Gasteiger partial charge in [0.15, 0.2) is 0 Å². The number of rotatable bonds is 5. The Kier molecular flexibility index (Phi) is 5.17. The molecule has 2 aromatic rings. The van der Waals surface area contributed by atoms with Gasteiger partial charge in [0.2, 0.25) is 0 Å². The molecule has 33 heavy (non-hydrogen) atoms. The first-order valence-corrected chi connectivity index (χ1v) is 12.2. The van der Waals surface area contributed by atoms with Gasteiger partial charge in [-0.2, -0.15) is 0 Å². The first-order valence-electron chi connectivity index (χ1n) is 12.2. The normalized spacial score (nSPS) is 24.8. The van der Waals surface area contributed by atoms with E-state index in [1.165, 1.54) is 23.1 Å². The number of carbonyl (C=O) groups is 1. The van der Waals surface area contributed by atoms with E-state index in [1.54, 1.807) is 5.57 Å². The number of hydrogen-bond acceptors (Lipinski definition) is 4. The fraction of sp³-hybridized carbons (Fsp3) is 0.464. The van der Waals surface area contributed by atoms with Crippen LogP contribution in [0.2, 0.25) is 0 Å². The molecule has 0 saturated carbocycles. The maximum atomic E-state index is 11.1. The van der Waals surface area contributed by atoms with Crippen LogP contribution in [0.25, 0.3) is 5.57 Å². The smallest absolute Gasteiger partial charge is 0.304 e. The van der Waals surface area contributed by atoms with Crippen LogP contribution < -0.4 is 9.47 Å². The van der Waals surface area contributed by atoms with Crippen molar-refractivity contribution in [3.63, 3.8) is 0 Å². The van der Waals surface area contributed by atoms with Gasteiger partial charge in [-0.25, -0.2) is 0 Å². The van der Waals surface area contributed by atoms with E-state index >= 15 is 0 Å². The molecule has 0 bridgehead atoms. The summed E-state index contributed by atoms with van der Waals surface area (Å²) in [4.78, 5) is 11.1. The van der Waals surface area contributed by atoms with Crippen LogP contribution in [0, 0.1) is 5.41 Å². The molecule has 0 aromatic heterocycles. The molecule has 0 radical (unpaired) electrons. The summed E-state index contributed by atoms with van der Waals surface area (Å²) in [7, 11) is 0. The molecule has 2 aromatic carbocycles. The van der Waals surface area contributed by atoms with Crippen molar-refractivity contribution in [2.75, 3.05) is 19.8 Å². The first kappa shape index (κ1) is 20.8. The summed E-state index contributed by atoms with van der Waals surface area (Å²) in [6.07, 6.45) is 9.25. The van der Waals surface area contributed by atoms with E-state index in [2.05, 4.69) is 24.3 Å². The third-order valence-corrected chi connectivity index (χ3v) is 8.06. The lowest BCUT2D eigenvalue weighted by Crippen LogP contribution is -2.29. The topological polar surface area (TPSA) is 65.0 Å². The molecule has 5 heteroatoms. The monoisotopic (exact) mass is 446 g/mol. The van der Waals surface area contributed by atoms with Crippen LogP contribution in [0.3, 0.4) is 0 Å². The number of hydrogen-bond donors (Lipinski definition) is 1. The number of allylic oxidation sites excluding steroid dienone is 2. The van der Waals surface area contributed by atoms with E-state index in [4.69, 9.17) is 19.3 Å². The number of aliphatic carboxylic acids is 1. The van der Waals surface area contributed by atoms with E-state index in [-0.39, 0.29) is 23.9 Å². The molecule has 4 aliphatic rings. The lowest BCUT2D eigenvalue weighted by molar-refractivity contribution is -0.137. The average molecular weight is 447 g/mol. The second-order valence-electron chi connectivity index (χ2n) is 9.87. The quantitative estimate of drug-likeness (QED) is 0.640. The van der Waals surface area contributed by atoms with Gasteiger partial charge in [0, 0.05) is 36.2 Å². The first-order chi connectivity index (χ1) is 16.1. The Morgan fingerprint density at radius 3 is 2.85 bits per heavy atom. The third-order valence-electron chi connectivity index (χ3n) is 8.06. The summed E-state index contributed by atoms with van der Waals surface area (Å²) in [5.41, 5.74) is 6.96. The third kappa shape index (κ3) is 3.63. The molecule has 2 aliphatic carbocycles. The molecule has 2 heterocycles. The van der Waals surface area contributed by atoms with E-state index in [9.17, 15) is 4.79 Å². The molecule has 1 N–H and O–H groups in total. The van der Waals surface area contributed by atoms with Gasteiger partial charge in [0.25, 0.3) is 0 Å². The molecule has 2 aliphatic heterocycles. The van der Waals surface area contributed by atoms with Gasteiger partial charge < -0.3 is 19.3 Å². The Balaban J connectivity index is 1.24. The van der Waals surface area contributed by atoms with Crippen molar-refractivity contribution >= 4 is 11.5 Å². The summed E-state index contributed by atoms with van der Waals surface area (Å²) < 4.78 is 17.9. The van der Waals surface area contributed by atoms with Gasteiger partial charge in [0.1, 0.15) is 17.6 Å². The van der Waals surface area contributed by atoms with Gasteiger partial charge in [-0.05, 0) is 66.9 Å². The fourth-order valence-corrected chi connectivity index (χ4v) is 6.39. The summed E-state index contributed by atoms with van der Waals surface area (Å²) in [5, 5.41) is 9.13. The van der Waals surface area contributed by atoms with E-state index in [0.717, 1.165) is 62.4 Å². The Morgan fingerprint density at radius 1 is 1.12 bits per heavy atom. The van der Waals surface area contributed by atoms with Crippen LogP contribution >= 0.6 is 0 Å². The van der Waals surface area contributed by atoms with Gasteiger partial charge >= 0.3 is 5.97 Å². The largest absolute Gasteiger partial charge is 0.492 e. The summed E-state index contributed by atoms with van der Waals surface area (Å²) in [6, 6.07) is 12.6. The number of fused-ring (bicyclic) bond motifs is 2. The zero-order valence-corrected chi connectivity index (χ0v) is 18.8. The van der Waals surface area contributed by atoms with Crippen molar-refractivity contribution in [3.05, 3.63) is 64.7 Å². The lowest BCUT2D eigenvalue weighted by Gasteiger charge is -2.37. The van der Waals surface area contributed by atoms with Crippen LogP contribution in [0.1, 0.15) is 72.8 Å². The minimum Gasteiger partial charge on any atom is -0.492 e. The van der Waals surface area contributed by atoms with Crippen molar-refractivity contribution in [2.45, 2.75) is 57.0 Å². The molecule has 2 unspecified atom stereocenters. The van der Waals surface area contributed by atoms with Crippen LogP contribution in [0.5, 0.6) is 11.5 Å². The van der Waals surface area contributed by atoms with E-state index in [1.807, 2.05) is 18.2 Å². The summed E-state index contributed by atoms with van der Waals surface area (Å²) in [5.74, 6) is 0.658. The van der Waals surface area contributed by atoms with Gasteiger partial charge in [-0.3, -0.25) is 4.79 Å². The van der Waals surface area contributed by atoms with Crippen LogP contribution in [-0.4, -0.2) is 30.9 Å². The van der Waals surface area contributed by atoms with Crippen LogP contribution in [0.4, 0.5) is 0 Å². The standard InChI is InChI=1S/C28H30O5/c29-27(30)15-18-17-32-26-16-19(6-7-20(18)26)33-25-9-8-21-22(3-1-4-23(21)25)24-5-2-10-28(24)11-13-31-14-12-28/h1,3-7,16,18,25H,2,8-15,17H2,(H,29,30). The highest BCUT2D eigenvalue weighted by atomic mass is 16.5. The van der Waals surface area contributed by atoms with E-state index < -0.39 is 5.97 Å². The van der Waals surface area contributed by atoms with Crippen molar-refractivity contribution in [2.24, 2.45) is 5.41 Å². The van der Waals surface area contributed by atoms with Gasteiger partial charge in [-0.15, -0.1) is 0 Å². The van der Waals surface area contributed by atoms with Crippen molar-refractivity contribution in [1.29, 1.82) is 0 Å². The average Bonchev–Trinajstić information content (AvgIpc) is 3.52. The highest BCUT2D eigenvalue weighted by Gasteiger charge is 2.41. The van der Waals surface area contributed by atoms with Crippen LogP contribution in [0.15, 0.2) is 42.5 Å². The number of carboxylic acids is 1. The molecule has 2 atom stereocenters. The van der Waals surface area contributed by atoms with Crippen molar-refractivity contribution in [1.82, 2.24) is 0 Å². The van der Waals surface area contributed by atoms with Gasteiger partial charge in [0.05, 0.1) is 13.0 Å². The lowest BCUT2D eigenvalue weighted by atomic mass is 9.71. The predicted octanol–water partition coefficient (Wildman–Crippen LogP) is 5.68. The Bertz CT molecular complexity index is 1110. The molecule has 6 rings (SSSR count). The molecule has 172 valence electrons. The van der Waals surface area contributed by atoms with Crippen LogP contribution in [-0.2, 0) is 16.0 Å². The maximum absolute atomic E-state index is 11.1. The molecular formula is C28H30O5. The van der Waals surface area contributed by atoms with Crippen molar-refractivity contribution < 1.29 is 24.1 Å². The Morgan fingerprint density at radius 2 is 2.00 bits per heavy atom. The van der Waals surface area contributed by atoms with E-state index in [0.29, 0.717) is 6.61 Å². The molecule has 5 nitrogen and oxygen atoms in total. The number of ether oxygens (including phenoxy) is 3. The second-order valence-corrected chi connectivity index (χ2v) is 9.87. The Labute approximate surface area is 194 Å². The summed E-state index contributed by atoms with van der Waals surface area (Å²) in [6.45, 7) is 2.15. The second kappa shape index (κ2) is 8.21.